The number of hydrogen-bond donors (Lipinski definition) is 1. The van der Waals surface area contributed by atoms with Gasteiger partial charge in [-0.05, 0) is 44.0 Å². The molecule has 3 aromatic rings. The zero-order chi connectivity index (χ0) is 20.1. The number of urea groups is 1. The van der Waals surface area contributed by atoms with Gasteiger partial charge in [-0.2, -0.15) is 0 Å². The molecule has 0 saturated carbocycles. The summed E-state index contributed by atoms with van der Waals surface area (Å²) in [6.45, 7) is 6.58. The van der Waals surface area contributed by atoms with Gasteiger partial charge in [0.25, 0.3) is 0 Å². The number of halogens is 1. The van der Waals surface area contributed by atoms with Gasteiger partial charge in [0.2, 0.25) is 0 Å². The van der Waals surface area contributed by atoms with Crippen LogP contribution in [0.15, 0.2) is 66.7 Å². The van der Waals surface area contributed by atoms with Crippen LogP contribution in [0.4, 0.5) is 14.9 Å². The molecule has 4 heteroatoms. The minimum Gasteiger partial charge on any atom is -0.316 e. The standard InChI is InChI=1S/C24H25FN2O/c1-17-8-11-20(12-9-17)15-27(16-21-6-4-5-7-22(21)25)24(28)26-23-13-10-18(2)14-19(23)3/h4-14H,15-16H2,1-3H3,(H,26,28). The third-order valence-electron chi connectivity index (χ3n) is 4.72. The molecule has 3 nitrogen and oxygen atoms in total. The van der Waals surface area contributed by atoms with Crippen LogP contribution in [-0.2, 0) is 13.1 Å². The van der Waals surface area contributed by atoms with E-state index in [0.29, 0.717) is 12.1 Å². The van der Waals surface area contributed by atoms with E-state index in [9.17, 15) is 9.18 Å². The summed E-state index contributed by atoms with van der Waals surface area (Å²) in [7, 11) is 0. The number of rotatable bonds is 5. The van der Waals surface area contributed by atoms with Gasteiger partial charge in [-0.15, -0.1) is 0 Å². The number of carbonyl (C=O) groups is 1. The summed E-state index contributed by atoms with van der Waals surface area (Å²) in [4.78, 5) is 14.7. The van der Waals surface area contributed by atoms with E-state index in [4.69, 9.17) is 0 Å². The minimum absolute atomic E-state index is 0.192. The van der Waals surface area contributed by atoms with Crippen molar-refractivity contribution < 1.29 is 9.18 Å². The van der Waals surface area contributed by atoms with Crippen LogP contribution < -0.4 is 5.32 Å². The summed E-state index contributed by atoms with van der Waals surface area (Å²) in [5.74, 6) is -0.310. The maximum atomic E-state index is 14.2. The Balaban J connectivity index is 1.84. The highest BCUT2D eigenvalue weighted by Crippen LogP contribution is 2.19. The van der Waals surface area contributed by atoms with E-state index in [1.807, 2.05) is 63.2 Å². The summed E-state index contributed by atoms with van der Waals surface area (Å²) in [5, 5.41) is 2.97. The lowest BCUT2D eigenvalue weighted by molar-refractivity contribution is 0.205. The van der Waals surface area contributed by atoms with Gasteiger partial charge in [-0.3, -0.25) is 0 Å². The molecule has 0 heterocycles. The molecule has 1 N–H and O–H groups in total. The molecule has 0 aliphatic heterocycles. The lowest BCUT2D eigenvalue weighted by Crippen LogP contribution is -2.34. The van der Waals surface area contributed by atoms with Gasteiger partial charge in [-0.1, -0.05) is 65.7 Å². The van der Waals surface area contributed by atoms with Gasteiger partial charge in [0, 0.05) is 17.8 Å². The fourth-order valence-corrected chi connectivity index (χ4v) is 3.09. The van der Waals surface area contributed by atoms with Gasteiger partial charge < -0.3 is 10.2 Å². The van der Waals surface area contributed by atoms with Crippen LogP contribution in [0.3, 0.4) is 0 Å². The first-order chi connectivity index (χ1) is 13.4. The van der Waals surface area contributed by atoms with Crippen LogP contribution in [0, 0.1) is 26.6 Å². The first-order valence-corrected chi connectivity index (χ1v) is 9.34. The first kappa shape index (κ1) is 19.6. The van der Waals surface area contributed by atoms with Gasteiger partial charge in [0.15, 0.2) is 0 Å². The average molecular weight is 376 g/mol. The lowest BCUT2D eigenvalue weighted by Gasteiger charge is -2.24. The van der Waals surface area contributed by atoms with Crippen LogP contribution >= 0.6 is 0 Å². The molecular weight excluding hydrogens is 351 g/mol. The number of carbonyl (C=O) groups excluding carboxylic acids is 1. The maximum Gasteiger partial charge on any atom is 0.322 e. The van der Waals surface area contributed by atoms with Gasteiger partial charge in [0.1, 0.15) is 5.82 Å². The highest BCUT2D eigenvalue weighted by Gasteiger charge is 2.17. The van der Waals surface area contributed by atoms with E-state index in [1.54, 1.807) is 23.1 Å². The monoisotopic (exact) mass is 376 g/mol. The molecule has 28 heavy (non-hydrogen) atoms. The highest BCUT2D eigenvalue weighted by molar-refractivity contribution is 5.90. The second-order valence-corrected chi connectivity index (χ2v) is 7.18. The zero-order valence-electron chi connectivity index (χ0n) is 16.5. The zero-order valence-corrected chi connectivity index (χ0v) is 16.5. The predicted molar refractivity (Wildman–Crippen MR) is 112 cm³/mol. The average Bonchev–Trinajstić information content (AvgIpc) is 2.67. The molecule has 0 bridgehead atoms. The van der Waals surface area contributed by atoms with Crippen molar-refractivity contribution in [3.8, 4) is 0 Å². The van der Waals surface area contributed by atoms with Crippen molar-refractivity contribution in [2.45, 2.75) is 33.9 Å². The molecule has 0 fully saturated rings. The quantitative estimate of drug-likeness (QED) is 0.583. The molecule has 0 spiro atoms. The summed E-state index contributed by atoms with van der Waals surface area (Å²) in [5.41, 5.74) is 5.54. The van der Waals surface area contributed by atoms with E-state index in [0.717, 1.165) is 27.9 Å². The van der Waals surface area contributed by atoms with E-state index in [2.05, 4.69) is 5.32 Å². The van der Waals surface area contributed by atoms with Crippen LogP contribution in [0.2, 0.25) is 0 Å². The number of amides is 2. The van der Waals surface area contributed by atoms with Crippen molar-refractivity contribution >= 4 is 11.7 Å². The Morgan fingerprint density at radius 2 is 1.57 bits per heavy atom. The van der Waals surface area contributed by atoms with Crippen LogP contribution in [0.5, 0.6) is 0 Å². The SMILES string of the molecule is Cc1ccc(CN(Cc2ccccc2F)C(=O)Nc2ccc(C)cc2C)cc1. The van der Waals surface area contributed by atoms with Crippen LogP contribution in [-0.4, -0.2) is 10.9 Å². The summed E-state index contributed by atoms with van der Waals surface area (Å²) in [6.07, 6.45) is 0. The molecular formula is C24H25FN2O. The van der Waals surface area contributed by atoms with E-state index in [1.165, 1.54) is 6.07 Å². The molecule has 0 saturated heterocycles. The molecule has 0 radical (unpaired) electrons. The highest BCUT2D eigenvalue weighted by atomic mass is 19.1. The first-order valence-electron chi connectivity index (χ1n) is 9.34. The number of nitrogens with one attached hydrogen (secondary N) is 1. The fourth-order valence-electron chi connectivity index (χ4n) is 3.09. The molecule has 0 aliphatic rings. The van der Waals surface area contributed by atoms with Crippen molar-refractivity contribution in [3.05, 3.63) is 100 Å². The summed E-state index contributed by atoms with van der Waals surface area (Å²) >= 11 is 0. The maximum absolute atomic E-state index is 14.2. The second kappa shape index (κ2) is 8.70. The van der Waals surface area contributed by atoms with Crippen molar-refractivity contribution in [2.24, 2.45) is 0 Å². The summed E-state index contributed by atoms with van der Waals surface area (Å²) < 4.78 is 14.2. The van der Waals surface area contributed by atoms with E-state index >= 15 is 0 Å². The van der Waals surface area contributed by atoms with Crippen molar-refractivity contribution in [2.75, 3.05) is 5.32 Å². The number of nitrogens with zero attached hydrogens (tertiary/aromatic N) is 1. The second-order valence-electron chi connectivity index (χ2n) is 7.18. The number of hydrogen-bond acceptors (Lipinski definition) is 1. The third-order valence-corrected chi connectivity index (χ3v) is 4.72. The molecule has 2 amide bonds. The van der Waals surface area contributed by atoms with Crippen molar-refractivity contribution in [1.82, 2.24) is 4.90 Å². The Morgan fingerprint density at radius 3 is 2.25 bits per heavy atom. The van der Waals surface area contributed by atoms with Crippen LogP contribution in [0.1, 0.15) is 27.8 Å². The lowest BCUT2D eigenvalue weighted by atomic mass is 10.1. The Morgan fingerprint density at radius 1 is 0.893 bits per heavy atom. The summed E-state index contributed by atoms with van der Waals surface area (Å²) in [6, 6.07) is 20.2. The predicted octanol–water partition coefficient (Wildman–Crippen LogP) is 5.99. The number of benzene rings is 3. The Hall–Kier alpha value is -3.14. The van der Waals surface area contributed by atoms with Gasteiger partial charge in [0.05, 0.1) is 6.54 Å². The van der Waals surface area contributed by atoms with Crippen LogP contribution in [0.25, 0.3) is 0 Å². The fraction of sp³-hybridized carbons (Fsp3) is 0.208. The minimum atomic E-state index is -0.310. The molecule has 144 valence electrons. The molecule has 0 aromatic heterocycles. The topological polar surface area (TPSA) is 32.3 Å². The molecule has 0 atom stereocenters. The van der Waals surface area contributed by atoms with Crippen molar-refractivity contribution in [3.63, 3.8) is 0 Å². The van der Waals surface area contributed by atoms with Gasteiger partial charge in [-0.25, -0.2) is 9.18 Å². The van der Waals surface area contributed by atoms with Gasteiger partial charge >= 0.3 is 6.03 Å². The molecule has 0 aliphatic carbocycles. The third kappa shape index (κ3) is 4.97. The molecule has 3 rings (SSSR count). The molecule has 3 aromatic carbocycles. The normalized spacial score (nSPS) is 10.6. The Bertz CT molecular complexity index is 967. The number of anilines is 1. The van der Waals surface area contributed by atoms with E-state index in [-0.39, 0.29) is 18.4 Å². The van der Waals surface area contributed by atoms with Crippen molar-refractivity contribution in [1.29, 1.82) is 0 Å². The smallest absolute Gasteiger partial charge is 0.316 e. The number of aryl methyl sites for hydroxylation is 3. The Labute approximate surface area is 165 Å². The van der Waals surface area contributed by atoms with E-state index < -0.39 is 0 Å². The molecule has 0 unspecified atom stereocenters. The largest absolute Gasteiger partial charge is 0.322 e. The Kier molecular flexibility index (Phi) is 6.09.